The Labute approximate surface area is 178 Å². The largest absolute Gasteiger partial charge is 0.497 e. The van der Waals surface area contributed by atoms with Gasteiger partial charge in [0.05, 0.1) is 18.8 Å². The summed E-state index contributed by atoms with van der Waals surface area (Å²) < 4.78 is 5.22. The maximum absolute atomic E-state index is 12.9. The number of urea groups is 1. The predicted molar refractivity (Wildman–Crippen MR) is 112 cm³/mol. The van der Waals surface area contributed by atoms with Crippen molar-refractivity contribution in [3.8, 4) is 17.0 Å². The van der Waals surface area contributed by atoms with Gasteiger partial charge in [-0.2, -0.15) is 5.10 Å². The van der Waals surface area contributed by atoms with Crippen LogP contribution in [0.25, 0.3) is 11.3 Å². The van der Waals surface area contributed by atoms with Gasteiger partial charge in [-0.1, -0.05) is 30.3 Å². The van der Waals surface area contributed by atoms with Gasteiger partial charge in [0.25, 0.3) is 5.91 Å². The lowest BCUT2D eigenvalue weighted by Crippen LogP contribution is -2.42. The first-order valence-electron chi connectivity index (χ1n) is 9.65. The molecule has 0 fully saturated rings. The first-order chi connectivity index (χ1) is 15.1. The van der Waals surface area contributed by atoms with E-state index >= 15 is 0 Å². The highest BCUT2D eigenvalue weighted by Crippen LogP contribution is 2.29. The molecule has 0 saturated heterocycles. The van der Waals surface area contributed by atoms with E-state index in [2.05, 4.69) is 20.8 Å². The predicted octanol–water partition coefficient (Wildman–Crippen LogP) is 2.24. The van der Waals surface area contributed by atoms with Crippen LogP contribution in [0.3, 0.4) is 0 Å². The molecule has 1 atom stereocenters. The number of hydrogen-bond donors (Lipinski definition) is 3. The molecule has 1 aliphatic rings. The SMILES string of the molecule is COc1ccc2c(c1)C(=O)N(C[C@H](NC(=O)NC=O)c1ccc(-c3ccn[nH]3)cc1)C2. The van der Waals surface area contributed by atoms with Crippen molar-refractivity contribution < 1.29 is 19.1 Å². The van der Waals surface area contributed by atoms with Gasteiger partial charge in [-0.05, 0) is 34.9 Å². The third-order valence-electron chi connectivity index (χ3n) is 5.22. The second-order valence-corrected chi connectivity index (χ2v) is 7.09. The molecular weight excluding hydrogens is 398 g/mol. The Morgan fingerprint density at radius 1 is 1.26 bits per heavy atom. The van der Waals surface area contributed by atoms with E-state index in [1.54, 1.807) is 24.3 Å². The Morgan fingerprint density at radius 2 is 2.06 bits per heavy atom. The third-order valence-corrected chi connectivity index (χ3v) is 5.22. The van der Waals surface area contributed by atoms with Gasteiger partial charge in [0, 0.05) is 24.8 Å². The normalized spacial score (nSPS) is 13.5. The van der Waals surface area contributed by atoms with Crippen LogP contribution in [0.2, 0.25) is 0 Å². The summed E-state index contributed by atoms with van der Waals surface area (Å²) in [6.45, 7) is 0.670. The molecule has 1 aliphatic heterocycles. The van der Waals surface area contributed by atoms with E-state index in [9.17, 15) is 14.4 Å². The molecule has 2 heterocycles. The Bertz CT molecular complexity index is 1100. The van der Waals surface area contributed by atoms with Crippen molar-refractivity contribution in [2.75, 3.05) is 13.7 Å². The molecule has 0 unspecified atom stereocenters. The number of fused-ring (bicyclic) bond motifs is 1. The monoisotopic (exact) mass is 419 g/mol. The number of nitrogens with one attached hydrogen (secondary N) is 3. The molecule has 31 heavy (non-hydrogen) atoms. The lowest BCUT2D eigenvalue weighted by Gasteiger charge is -2.25. The highest BCUT2D eigenvalue weighted by molar-refractivity contribution is 5.98. The highest BCUT2D eigenvalue weighted by Gasteiger charge is 2.30. The Morgan fingerprint density at radius 3 is 2.74 bits per heavy atom. The van der Waals surface area contributed by atoms with Crippen molar-refractivity contribution in [1.29, 1.82) is 0 Å². The van der Waals surface area contributed by atoms with Crippen molar-refractivity contribution in [3.05, 3.63) is 71.4 Å². The highest BCUT2D eigenvalue weighted by atomic mass is 16.5. The average molecular weight is 419 g/mol. The molecule has 9 nitrogen and oxygen atoms in total. The topological polar surface area (TPSA) is 116 Å². The lowest BCUT2D eigenvalue weighted by atomic mass is 10.0. The third kappa shape index (κ3) is 4.25. The molecule has 3 aromatic rings. The van der Waals surface area contributed by atoms with E-state index < -0.39 is 12.1 Å². The van der Waals surface area contributed by atoms with Gasteiger partial charge in [-0.3, -0.25) is 20.0 Å². The summed E-state index contributed by atoms with van der Waals surface area (Å²) in [4.78, 5) is 37.3. The zero-order valence-electron chi connectivity index (χ0n) is 16.8. The summed E-state index contributed by atoms with van der Waals surface area (Å²) in [5.41, 5.74) is 4.09. The fraction of sp³-hybridized carbons (Fsp3) is 0.182. The van der Waals surface area contributed by atoms with E-state index in [4.69, 9.17) is 4.74 Å². The number of aromatic amines is 1. The second-order valence-electron chi connectivity index (χ2n) is 7.09. The number of H-pyrrole nitrogens is 1. The molecule has 0 aliphatic carbocycles. The minimum atomic E-state index is -0.636. The number of aromatic nitrogens is 2. The summed E-state index contributed by atoms with van der Waals surface area (Å²) in [5.74, 6) is 0.481. The second kappa shape index (κ2) is 8.70. The lowest BCUT2D eigenvalue weighted by molar-refractivity contribution is -0.108. The number of hydrogen-bond acceptors (Lipinski definition) is 5. The van der Waals surface area contributed by atoms with Crippen LogP contribution >= 0.6 is 0 Å². The molecule has 4 amide bonds. The molecule has 2 aromatic carbocycles. The van der Waals surface area contributed by atoms with Crippen LogP contribution in [-0.4, -0.2) is 47.1 Å². The molecular formula is C22H21N5O4. The van der Waals surface area contributed by atoms with Gasteiger partial charge in [0.15, 0.2) is 0 Å². The number of carbonyl (C=O) groups is 3. The van der Waals surface area contributed by atoms with Crippen LogP contribution in [0, 0.1) is 0 Å². The summed E-state index contributed by atoms with van der Waals surface area (Å²) in [6.07, 6.45) is 1.99. The van der Waals surface area contributed by atoms with Gasteiger partial charge >= 0.3 is 6.03 Å². The molecule has 158 valence electrons. The smallest absolute Gasteiger partial charge is 0.321 e. The van der Waals surface area contributed by atoms with Crippen LogP contribution in [0.5, 0.6) is 5.75 Å². The number of methoxy groups -OCH3 is 1. The van der Waals surface area contributed by atoms with Crippen molar-refractivity contribution in [1.82, 2.24) is 25.7 Å². The summed E-state index contributed by atoms with van der Waals surface area (Å²) in [7, 11) is 1.55. The van der Waals surface area contributed by atoms with Crippen LogP contribution in [0.15, 0.2) is 54.7 Å². The summed E-state index contributed by atoms with van der Waals surface area (Å²) >= 11 is 0. The number of ether oxygens (including phenoxy) is 1. The van der Waals surface area contributed by atoms with Crippen LogP contribution < -0.4 is 15.4 Å². The van der Waals surface area contributed by atoms with Gasteiger partial charge in [0.1, 0.15) is 5.75 Å². The van der Waals surface area contributed by atoms with Crippen LogP contribution in [0.1, 0.15) is 27.5 Å². The number of nitrogens with zero attached hydrogens (tertiary/aromatic N) is 2. The zero-order chi connectivity index (χ0) is 21.8. The Hall–Kier alpha value is -4.14. The minimum absolute atomic E-state index is 0.134. The Balaban J connectivity index is 1.56. The summed E-state index contributed by atoms with van der Waals surface area (Å²) in [6, 6.07) is 13.7. The van der Waals surface area contributed by atoms with E-state index in [1.807, 2.05) is 42.5 Å². The molecule has 9 heteroatoms. The average Bonchev–Trinajstić information content (AvgIpc) is 3.42. The maximum atomic E-state index is 12.9. The van der Waals surface area contributed by atoms with E-state index in [-0.39, 0.29) is 12.5 Å². The van der Waals surface area contributed by atoms with Crippen molar-refractivity contribution >= 4 is 18.3 Å². The van der Waals surface area contributed by atoms with Crippen molar-refractivity contribution in [3.63, 3.8) is 0 Å². The number of carbonyl (C=O) groups excluding carboxylic acids is 3. The number of amides is 4. The number of benzene rings is 2. The first-order valence-corrected chi connectivity index (χ1v) is 9.65. The molecule has 3 N–H and O–H groups in total. The molecule has 0 saturated carbocycles. The molecule has 0 radical (unpaired) electrons. The van der Waals surface area contributed by atoms with E-state index in [1.165, 1.54) is 0 Å². The molecule has 0 bridgehead atoms. The van der Waals surface area contributed by atoms with Gasteiger partial charge < -0.3 is 15.0 Å². The minimum Gasteiger partial charge on any atom is -0.497 e. The standard InChI is InChI=1S/C22H21N5O4/c1-31-17-7-6-16-11-27(21(29)18(16)10-17)12-20(25-22(30)23-13-28)15-4-2-14(3-5-15)19-8-9-24-26-19/h2-10,13,20H,11-12H2,1H3,(H,24,26)(H2,23,25,28,30)/t20-/m0/s1. The number of rotatable bonds is 7. The van der Waals surface area contributed by atoms with Gasteiger partial charge in [-0.15, -0.1) is 0 Å². The fourth-order valence-corrected chi connectivity index (χ4v) is 3.63. The van der Waals surface area contributed by atoms with Gasteiger partial charge in [-0.25, -0.2) is 4.79 Å². The Kier molecular flexibility index (Phi) is 5.65. The summed E-state index contributed by atoms with van der Waals surface area (Å²) in [5, 5.41) is 11.7. The fourth-order valence-electron chi connectivity index (χ4n) is 3.63. The van der Waals surface area contributed by atoms with E-state index in [0.717, 1.165) is 22.4 Å². The van der Waals surface area contributed by atoms with Crippen molar-refractivity contribution in [2.45, 2.75) is 12.6 Å². The maximum Gasteiger partial charge on any atom is 0.321 e. The molecule has 4 rings (SSSR count). The van der Waals surface area contributed by atoms with Crippen molar-refractivity contribution in [2.24, 2.45) is 0 Å². The van der Waals surface area contributed by atoms with Gasteiger partial charge in [0.2, 0.25) is 6.41 Å². The molecule has 1 aromatic heterocycles. The molecule has 0 spiro atoms. The quantitative estimate of drug-likeness (QED) is 0.508. The zero-order valence-corrected chi connectivity index (χ0v) is 16.8. The van der Waals surface area contributed by atoms with E-state index in [0.29, 0.717) is 24.3 Å². The first kappa shape index (κ1) is 20.1. The van der Waals surface area contributed by atoms with Crippen LogP contribution in [-0.2, 0) is 11.3 Å². The van der Waals surface area contributed by atoms with Crippen LogP contribution in [0.4, 0.5) is 4.79 Å². The number of imide groups is 1.